The van der Waals surface area contributed by atoms with Gasteiger partial charge in [0, 0.05) is 11.1 Å². The molecule has 0 bridgehead atoms. The molecule has 3 nitrogen and oxygen atoms in total. The predicted octanol–water partition coefficient (Wildman–Crippen LogP) is 2.48. The van der Waals surface area contributed by atoms with Gasteiger partial charge in [0.15, 0.2) is 0 Å². The lowest BCUT2D eigenvalue weighted by molar-refractivity contribution is 0.623. The SMILES string of the molecule is Cc1nc(CS(=O)c2cc(F)ccc2N)cs1. The number of aromatic nitrogens is 1. The molecule has 0 saturated heterocycles. The molecule has 2 rings (SSSR count). The molecule has 0 fully saturated rings. The van der Waals surface area contributed by atoms with Gasteiger partial charge >= 0.3 is 0 Å². The topological polar surface area (TPSA) is 56.0 Å². The summed E-state index contributed by atoms with van der Waals surface area (Å²) in [5, 5.41) is 2.77. The third-order valence-electron chi connectivity index (χ3n) is 2.17. The van der Waals surface area contributed by atoms with Crippen LogP contribution in [-0.2, 0) is 16.6 Å². The second kappa shape index (κ2) is 4.93. The minimum Gasteiger partial charge on any atom is -0.398 e. The summed E-state index contributed by atoms with van der Waals surface area (Å²) in [4.78, 5) is 4.55. The maximum atomic E-state index is 13.0. The first-order valence-corrected chi connectivity index (χ1v) is 7.10. The summed E-state index contributed by atoms with van der Waals surface area (Å²) in [6, 6.07) is 3.89. The summed E-state index contributed by atoms with van der Waals surface area (Å²) in [7, 11) is -1.36. The molecule has 1 heterocycles. The van der Waals surface area contributed by atoms with Crippen LogP contribution in [0, 0.1) is 12.7 Å². The molecule has 0 aliphatic rings. The van der Waals surface area contributed by atoms with Crippen LogP contribution in [-0.4, -0.2) is 9.19 Å². The van der Waals surface area contributed by atoms with Crippen LogP contribution in [0.3, 0.4) is 0 Å². The molecule has 0 radical (unpaired) electrons. The van der Waals surface area contributed by atoms with E-state index in [4.69, 9.17) is 5.73 Å². The standard InChI is InChI=1S/C11H11FN2OS2/c1-7-14-9(5-16-7)6-17(15)11-4-8(12)2-3-10(11)13/h2-5H,6,13H2,1H3. The van der Waals surface area contributed by atoms with Gasteiger partial charge in [0.2, 0.25) is 0 Å². The van der Waals surface area contributed by atoms with Crippen LogP contribution in [0.1, 0.15) is 10.7 Å². The number of hydrogen-bond donors (Lipinski definition) is 1. The summed E-state index contributed by atoms with van der Waals surface area (Å²) in [5.74, 6) is -0.171. The van der Waals surface area contributed by atoms with E-state index < -0.39 is 16.6 Å². The second-order valence-corrected chi connectivity index (χ2v) is 6.01. The van der Waals surface area contributed by atoms with Gasteiger partial charge in [0.05, 0.1) is 32.1 Å². The van der Waals surface area contributed by atoms with Crippen molar-refractivity contribution in [3.8, 4) is 0 Å². The first-order valence-electron chi connectivity index (χ1n) is 4.90. The number of thiazole rings is 1. The van der Waals surface area contributed by atoms with Crippen molar-refractivity contribution in [2.45, 2.75) is 17.6 Å². The highest BCUT2D eigenvalue weighted by Crippen LogP contribution is 2.21. The molecule has 1 unspecified atom stereocenters. The van der Waals surface area contributed by atoms with Gasteiger partial charge in [-0.1, -0.05) is 0 Å². The van der Waals surface area contributed by atoms with Gasteiger partial charge in [-0.2, -0.15) is 0 Å². The number of benzene rings is 1. The first kappa shape index (κ1) is 12.2. The fourth-order valence-electron chi connectivity index (χ4n) is 1.39. The number of halogens is 1. The molecule has 2 N–H and O–H groups in total. The van der Waals surface area contributed by atoms with Crippen molar-refractivity contribution < 1.29 is 8.60 Å². The van der Waals surface area contributed by atoms with Crippen molar-refractivity contribution >= 4 is 27.8 Å². The van der Waals surface area contributed by atoms with Gasteiger partial charge in [-0.15, -0.1) is 11.3 Å². The maximum Gasteiger partial charge on any atom is 0.124 e. The molecular formula is C11H11FN2OS2. The van der Waals surface area contributed by atoms with Gasteiger partial charge in [0.25, 0.3) is 0 Å². The van der Waals surface area contributed by atoms with Gasteiger partial charge in [0.1, 0.15) is 5.82 Å². The number of rotatable bonds is 3. The highest BCUT2D eigenvalue weighted by molar-refractivity contribution is 7.84. The minimum atomic E-state index is -1.36. The quantitative estimate of drug-likeness (QED) is 0.872. The third-order valence-corrected chi connectivity index (χ3v) is 4.39. The van der Waals surface area contributed by atoms with Crippen molar-refractivity contribution in [1.29, 1.82) is 0 Å². The molecule has 1 aromatic carbocycles. The van der Waals surface area contributed by atoms with E-state index in [0.29, 0.717) is 10.6 Å². The van der Waals surface area contributed by atoms with Crippen molar-refractivity contribution in [3.63, 3.8) is 0 Å². The van der Waals surface area contributed by atoms with Crippen LogP contribution in [0.4, 0.5) is 10.1 Å². The Bertz CT molecular complexity index is 568. The van der Waals surface area contributed by atoms with Crippen LogP contribution in [0.25, 0.3) is 0 Å². The molecule has 0 aliphatic carbocycles. The van der Waals surface area contributed by atoms with Crippen molar-refractivity contribution in [1.82, 2.24) is 4.98 Å². The number of aryl methyl sites for hydroxylation is 1. The van der Waals surface area contributed by atoms with E-state index in [9.17, 15) is 8.60 Å². The van der Waals surface area contributed by atoms with Gasteiger partial charge in [-0.3, -0.25) is 4.21 Å². The zero-order chi connectivity index (χ0) is 12.4. The summed E-state index contributed by atoms with van der Waals surface area (Å²) < 4.78 is 25.1. The molecule has 0 spiro atoms. The average Bonchev–Trinajstić information content (AvgIpc) is 2.67. The van der Waals surface area contributed by atoms with E-state index >= 15 is 0 Å². The predicted molar refractivity (Wildman–Crippen MR) is 67.8 cm³/mol. The number of anilines is 1. The molecule has 1 aromatic heterocycles. The van der Waals surface area contributed by atoms with E-state index in [1.165, 1.54) is 29.5 Å². The van der Waals surface area contributed by atoms with Crippen molar-refractivity contribution in [3.05, 3.63) is 40.1 Å². The maximum absolute atomic E-state index is 13.0. The molecule has 17 heavy (non-hydrogen) atoms. The molecular weight excluding hydrogens is 259 g/mol. The monoisotopic (exact) mass is 270 g/mol. The lowest BCUT2D eigenvalue weighted by Gasteiger charge is -2.04. The molecule has 90 valence electrons. The van der Waals surface area contributed by atoms with Crippen molar-refractivity contribution in [2.75, 3.05) is 5.73 Å². The van der Waals surface area contributed by atoms with Crippen LogP contribution in [0.2, 0.25) is 0 Å². The molecule has 6 heteroatoms. The van der Waals surface area contributed by atoms with Crippen molar-refractivity contribution in [2.24, 2.45) is 0 Å². The smallest absolute Gasteiger partial charge is 0.124 e. The lowest BCUT2D eigenvalue weighted by Crippen LogP contribution is -2.01. The zero-order valence-corrected chi connectivity index (χ0v) is 10.8. The Hall–Kier alpha value is -1.27. The Balaban J connectivity index is 2.22. The zero-order valence-electron chi connectivity index (χ0n) is 9.14. The minimum absolute atomic E-state index is 0.262. The van der Waals surface area contributed by atoms with E-state index in [0.717, 1.165) is 10.7 Å². The average molecular weight is 270 g/mol. The summed E-state index contributed by atoms with van der Waals surface area (Å²) in [6.07, 6.45) is 0. The Morgan fingerprint density at radius 1 is 1.53 bits per heavy atom. The van der Waals surface area contributed by atoms with E-state index in [1.807, 2.05) is 12.3 Å². The fraction of sp³-hybridized carbons (Fsp3) is 0.182. The Morgan fingerprint density at radius 2 is 2.29 bits per heavy atom. The Morgan fingerprint density at radius 3 is 2.94 bits per heavy atom. The highest BCUT2D eigenvalue weighted by Gasteiger charge is 2.11. The number of hydrogen-bond acceptors (Lipinski definition) is 4. The van der Waals surface area contributed by atoms with E-state index in [1.54, 1.807) is 0 Å². The van der Waals surface area contributed by atoms with Crippen LogP contribution in [0.5, 0.6) is 0 Å². The first-order chi connectivity index (χ1) is 8.06. The Labute approximate surface area is 105 Å². The molecule has 0 aliphatic heterocycles. The fourth-order valence-corrected chi connectivity index (χ4v) is 3.26. The summed E-state index contributed by atoms with van der Waals surface area (Å²) in [6.45, 7) is 1.88. The molecule has 1 atom stereocenters. The van der Waals surface area contributed by atoms with Crippen LogP contribution < -0.4 is 5.73 Å². The summed E-state index contributed by atoms with van der Waals surface area (Å²) in [5.41, 5.74) is 6.76. The normalized spacial score (nSPS) is 12.6. The number of nitrogens with zero attached hydrogens (tertiary/aromatic N) is 1. The summed E-state index contributed by atoms with van der Waals surface area (Å²) >= 11 is 1.50. The number of nitrogen functional groups attached to an aromatic ring is 1. The largest absolute Gasteiger partial charge is 0.398 e. The van der Waals surface area contributed by atoms with E-state index in [-0.39, 0.29) is 5.75 Å². The lowest BCUT2D eigenvalue weighted by atomic mass is 10.3. The highest BCUT2D eigenvalue weighted by atomic mass is 32.2. The third kappa shape index (κ3) is 2.89. The Kier molecular flexibility index (Phi) is 3.54. The van der Waals surface area contributed by atoms with Crippen LogP contribution >= 0.6 is 11.3 Å². The van der Waals surface area contributed by atoms with Gasteiger partial charge < -0.3 is 5.73 Å². The molecule has 0 saturated carbocycles. The van der Waals surface area contributed by atoms with E-state index in [2.05, 4.69) is 4.98 Å². The van der Waals surface area contributed by atoms with Crippen LogP contribution in [0.15, 0.2) is 28.5 Å². The number of nitrogens with two attached hydrogens (primary N) is 1. The van der Waals surface area contributed by atoms with Gasteiger partial charge in [-0.05, 0) is 25.1 Å². The molecule has 2 aromatic rings. The van der Waals surface area contributed by atoms with Gasteiger partial charge in [-0.25, -0.2) is 9.37 Å². The second-order valence-electron chi connectivity index (χ2n) is 3.53. The molecule has 0 amide bonds.